The van der Waals surface area contributed by atoms with Crippen LogP contribution in [0.25, 0.3) is 21.1 Å². The molecule has 0 aliphatic heterocycles. The fraction of sp³-hybridized carbons (Fsp3) is 0.125. The molecule has 0 fully saturated rings. The molecule has 6 heteroatoms. The van der Waals surface area contributed by atoms with Crippen LogP contribution >= 0.6 is 11.3 Å². The van der Waals surface area contributed by atoms with Gasteiger partial charge in [-0.2, -0.15) is 5.10 Å². The number of hydrogen-bond acceptors (Lipinski definition) is 3. The predicted octanol–water partition coefficient (Wildman–Crippen LogP) is 3.14. The minimum Gasteiger partial charge on any atom is -0.338 e. The summed E-state index contributed by atoms with van der Waals surface area (Å²) in [5, 5.41) is 7.06. The molecule has 110 valence electrons. The molecule has 3 aromatic heterocycles. The molecule has 0 spiro atoms. The van der Waals surface area contributed by atoms with E-state index in [0.717, 1.165) is 15.6 Å². The van der Waals surface area contributed by atoms with Crippen molar-refractivity contribution in [3.05, 3.63) is 63.6 Å². The molecule has 22 heavy (non-hydrogen) atoms. The maximum atomic E-state index is 13.8. The van der Waals surface area contributed by atoms with Crippen LogP contribution in [-0.4, -0.2) is 14.3 Å². The van der Waals surface area contributed by atoms with Crippen LogP contribution < -0.4 is 5.56 Å². The van der Waals surface area contributed by atoms with Gasteiger partial charge in [0.25, 0.3) is 5.56 Å². The average Bonchev–Trinajstić information content (AvgIpc) is 3.08. The monoisotopic (exact) mass is 313 g/mol. The van der Waals surface area contributed by atoms with E-state index in [2.05, 4.69) is 5.10 Å². The van der Waals surface area contributed by atoms with Gasteiger partial charge in [-0.1, -0.05) is 18.2 Å². The molecule has 0 aliphatic rings. The molecule has 0 unspecified atom stereocenters. The summed E-state index contributed by atoms with van der Waals surface area (Å²) in [4.78, 5) is 12.7. The molecule has 1 aromatic carbocycles. The van der Waals surface area contributed by atoms with Crippen LogP contribution in [0.2, 0.25) is 0 Å². The zero-order chi connectivity index (χ0) is 15.3. The van der Waals surface area contributed by atoms with Gasteiger partial charge in [0.1, 0.15) is 11.3 Å². The Morgan fingerprint density at radius 1 is 1.27 bits per heavy atom. The van der Waals surface area contributed by atoms with Gasteiger partial charge < -0.3 is 4.57 Å². The standard InChI is InChI=1S/C16H12FN3OS/c1-19-13-6-7-22-15(13)11-8-18-20(16(21)14(11)19)9-10-4-2-3-5-12(10)17/h2-8H,9H2,1H3. The summed E-state index contributed by atoms with van der Waals surface area (Å²) in [5.41, 5.74) is 1.87. The minimum absolute atomic E-state index is 0.125. The van der Waals surface area contributed by atoms with Crippen molar-refractivity contribution in [1.82, 2.24) is 14.3 Å². The predicted molar refractivity (Wildman–Crippen MR) is 85.9 cm³/mol. The molecule has 0 saturated heterocycles. The number of hydrogen-bond donors (Lipinski definition) is 0. The van der Waals surface area contributed by atoms with Crippen molar-refractivity contribution in [1.29, 1.82) is 0 Å². The van der Waals surface area contributed by atoms with E-state index in [1.54, 1.807) is 35.7 Å². The van der Waals surface area contributed by atoms with Crippen LogP contribution in [0.5, 0.6) is 0 Å². The Kier molecular flexibility index (Phi) is 2.87. The van der Waals surface area contributed by atoms with E-state index in [1.165, 1.54) is 10.7 Å². The van der Waals surface area contributed by atoms with E-state index in [4.69, 9.17) is 0 Å². The second kappa shape index (κ2) is 4.78. The molecule has 0 amide bonds. The molecule has 4 aromatic rings. The molecule has 3 heterocycles. The van der Waals surface area contributed by atoms with Gasteiger partial charge in [0.2, 0.25) is 0 Å². The summed E-state index contributed by atoms with van der Waals surface area (Å²) in [6, 6.07) is 8.42. The highest BCUT2D eigenvalue weighted by molar-refractivity contribution is 7.18. The number of nitrogens with zero attached hydrogens (tertiary/aromatic N) is 3. The first-order valence-electron chi connectivity index (χ1n) is 6.82. The molecule has 4 nitrogen and oxygen atoms in total. The smallest absolute Gasteiger partial charge is 0.291 e. The molecule has 0 bridgehead atoms. The van der Waals surface area contributed by atoms with Crippen molar-refractivity contribution < 1.29 is 4.39 Å². The fourth-order valence-electron chi connectivity index (χ4n) is 2.76. The van der Waals surface area contributed by atoms with Crippen molar-refractivity contribution in [2.24, 2.45) is 7.05 Å². The Bertz CT molecular complexity index is 1060. The first kappa shape index (κ1) is 13.2. The Morgan fingerprint density at radius 2 is 2.09 bits per heavy atom. The minimum atomic E-state index is -0.329. The Labute approximate surface area is 129 Å². The van der Waals surface area contributed by atoms with Crippen molar-refractivity contribution >= 4 is 32.5 Å². The number of aromatic nitrogens is 3. The van der Waals surface area contributed by atoms with Crippen molar-refractivity contribution in [3.63, 3.8) is 0 Å². The second-order valence-electron chi connectivity index (χ2n) is 5.16. The lowest BCUT2D eigenvalue weighted by Crippen LogP contribution is -2.24. The Balaban J connectivity index is 1.93. The number of fused-ring (bicyclic) bond motifs is 3. The normalized spacial score (nSPS) is 11.5. The molecule has 0 saturated carbocycles. The van der Waals surface area contributed by atoms with Gasteiger partial charge in [0.05, 0.1) is 23.0 Å². The van der Waals surface area contributed by atoms with Gasteiger partial charge in [-0.25, -0.2) is 9.07 Å². The topological polar surface area (TPSA) is 39.8 Å². The largest absolute Gasteiger partial charge is 0.338 e. The van der Waals surface area contributed by atoms with Gasteiger partial charge >= 0.3 is 0 Å². The quantitative estimate of drug-likeness (QED) is 0.570. The zero-order valence-corrected chi connectivity index (χ0v) is 12.6. The van der Waals surface area contributed by atoms with Crippen molar-refractivity contribution in [3.8, 4) is 0 Å². The highest BCUT2D eigenvalue weighted by Gasteiger charge is 2.15. The summed E-state index contributed by atoms with van der Waals surface area (Å²) in [6.45, 7) is 0.125. The highest BCUT2D eigenvalue weighted by Crippen LogP contribution is 2.29. The number of thiophene rings is 1. The van der Waals surface area contributed by atoms with Gasteiger partial charge in [-0.3, -0.25) is 4.79 Å². The van der Waals surface area contributed by atoms with Crippen LogP contribution in [0.4, 0.5) is 4.39 Å². The summed E-state index contributed by atoms with van der Waals surface area (Å²) in [7, 11) is 1.87. The van der Waals surface area contributed by atoms with E-state index in [0.29, 0.717) is 11.1 Å². The van der Waals surface area contributed by atoms with Crippen molar-refractivity contribution in [2.75, 3.05) is 0 Å². The molecule has 0 radical (unpaired) electrons. The van der Waals surface area contributed by atoms with E-state index < -0.39 is 0 Å². The third kappa shape index (κ3) is 1.80. The maximum absolute atomic E-state index is 13.8. The average molecular weight is 313 g/mol. The zero-order valence-electron chi connectivity index (χ0n) is 11.8. The van der Waals surface area contributed by atoms with E-state index in [1.807, 2.05) is 23.1 Å². The molecular formula is C16H12FN3OS. The Morgan fingerprint density at radius 3 is 2.91 bits per heavy atom. The van der Waals surface area contributed by atoms with Crippen molar-refractivity contribution in [2.45, 2.75) is 6.54 Å². The lowest BCUT2D eigenvalue weighted by Gasteiger charge is -2.06. The second-order valence-corrected chi connectivity index (χ2v) is 6.07. The molecule has 0 aliphatic carbocycles. The third-order valence-electron chi connectivity index (χ3n) is 3.88. The first-order valence-corrected chi connectivity index (χ1v) is 7.70. The molecular weight excluding hydrogens is 301 g/mol. The number of halogens is 1. The van der Waals surface area contributed by atoms with Crippen LogP contribution in [0.15, 0.2) is 46.7 Å². The van der Waals surface area contributed by atoms with E-state index >= 15 is 0 Å². The summed E-state index contributed by atoms with van der Waals surface area (Å²) >= 11 is 1.59. The molecule has 4 rings (SSSR count). The summed E-state index contributed by atoms with van der Waals surface area (Å²) in [6.07, 6.45) is 1.69. The van der Waals surface area contributed by atoms with Gasteiger partial charge in [-0.05, 0) is 17.5 Å². The number of aryl methyl sites for hydroxylation is 1. The van der Waals surface area contributed by atoms with E-state index in [9.17, 15) is 9.18 Å². The lowest BCUT2D eigenvalue weighted by atomic mass is 10.2. The third-order valence-corrected chi connectivity index (χ3v) is 4.82. The van der Waals surface area contributed by atoms with E-state index in [-0.39, 0.29) is 17.9 Å². The molecule has 0 N–H and O–H groups in total. The number of benzene rings is 1. The first-order chi connectivity index (χ1) is 10.7. The van der Waals surface area contributed by atoms with Crippen LogP contribution in [0.1, 0.15) is 5.56 Å². The van der Waals surface area contributed by atoms with Gasteiger partial charge in [0.15, 0.2) is 0 Å². The Hall–Kier alpha value is -2.47. The van der Waals surface area contributed by atoms with Crippen LogP contribution in [0.3, 0.4) is 0 Å². The van der Waals surface area contributed by atoms with Gasteiger partial charge in [0, 0.05) is 18.0 Å². The highest BCUT2D eigenvalue weighted by atomic mass is 32.1. The van der Waals surface area contributed by atoms with Crippen LogP contribution in [-0.2, 0) is 13.6 Å². The van der Waals surface area contributed by atoms with Gasteiger partial charge in [-0.15, -0.1) is 11.3 Å². The van der Waals surface area contributed by atoms with Crippen LogP contribution in [0, 0.1) is 5.82 Å². The lowest BCUT2D eigenvalue weighted by molar-refractivity contribution is 0.574. The fourth-order valence-corrected chi connectivity index (χ4v) is 3.69. The molecule has 0 atom stereocenters. The summed E-state index contributed by atoms with van der Waals surface area (Å²) < 4.78 is 18.0. The maximum Gasteiger partial charge on any atom is 0.291 e. The summed E-state index contributed by atoms with van der Waals surface area (Å²) in [5.74, 6) is -0.329. The SMILES string of the molecule is Cn1c2ccsc2c2cnn(Cc3ccccc3F)c(=O)c21. The number of rotatable bonds is 2.